The Morgan fingerprint density at radius 2 is 2.12 bits per heavy atom. The second-order valence-corrected chi connectivity index (χ2v) is 6.79. The van der Waals surface area contributed by atoms with E-state index in [9.17, 15) is 4.79 Å². The zero-order valence-corrected chi connectivity index (χ0v) is 15.0. The van der Waals surface area contributed by atoms with Crippen LogP contribution in [-0.4, -0.2) is 25.7 Å². The number of esters is 1. The first-order valence-electron chi connectivity index (χ1n) is 7.60. The molecule has 0 radical (unpaired) electrons. The van der Waals surface area contributed by atoms with Gasteiger partial charge in [0.1, 0.15) is 16.6 Å². The van der Waals surface area contributed by atoms with Crippen molar-refractivity contribution in [3.63, 3.8) is 0 Å². The summed E-state index contributed by atoms with van der Waals surface area (Å²) in [6.45, 7) is 1.68. The molecule has 9 heteroatoms. The molecular formula is C17H11ClN4O3S. The minimum absolute atomic E-state index is 0.0665. The summed E-state index contributed by atoms with van der Waals surface area (Å²) in [5, 5.41) is 8.27. The summed E-state index contributed by atoms with van der Waals surface area (Å²) < 4.78 is 14.7. The molecule has 0 unspecified atom stereocenters. The number of rotatable bonds is 4. The van der Waals surface area contributed by atoms with Crippen LogP contribution in [-0.2, 0) is 11.3 Å². The Bertz CT molecular complexity index is 1090. The third-order valence-corrected chi connectivity index (χ3v) is 4.74. The zero-order chi connectivity index (χ0) is 18.1. The molecule has 0 N–H and O–H groups in total. The largest absolute Gasteiger partial charge is 0.455 e. The number of carbonyl (C=O) groups is 1. The monoisotopic (exact) mass is 386 g/mol. The lowest BCUT2D eigenvalue weighted by atomic mass is 10.1. The summed E-state index contributed by atoms with van der Waals surface area (Å²) in [5.74, 6) is -0.537. The minimum atomic E-state index is -0.537. The van der Waals surface area contributed by atoms with Gasteiger partial charge in [-0.15, -0.1) is 5.10 Å². The van der Waals surface area contributed by atoms with E-state index in [1.54, 1.807) is 13.0 Å². The maximum Gasteiger partial charge on any atom is 0.339 e. The van der Waals surface area contributed by atoms with E-state index in [0.717, 1.165) is 17.1 Å². The molecule has 4 aromatic rings. The van der Waals surface area contributed by atoms with E-state index < -0.39 is 5.97 Å². The molecule has 0 fully saturated rings. The van der Waals surface area contributed by atoms with Crippen molar-refractivity contribution in [1.82, 2.24) is 19.7 Å². The molecule has 0 aliphatic carbocycles. The smallest absolute Gasteiger partial charge is 0.339 e. The summed E-state index contributed by atoms with van der Waals surface area (Å²) in [6.07, 6.45) is 0. The number of halogens is 1. The van der Waals surface area contributed by atoms with Gasteiger partial charge in [0.05, 0.1) is 22.3 Å². The first-order chi connectivity index (χ1) is 12.6. The molecule has 0 aliphatic rings. The van der Waals surface area contributed by atoms with Crippen molar-refractivity contribution in [2.45, 2.75) is 13.5 Å². The van der Waals surface area contributed by atoms with E-state index in [-0.39, 0.29) is 12.3 Å². The van der Waals surface area contributed by atoms with Crippen molar-refractivity contribution in [3.8, 4) is 11.3 Å². The number of benzene rings is 1. The highest BCUT2D eigenvalue weighted by atomic mass is 35.5. The fourth-order valence-electron chi connectivity index (χ4n) is 2.51. The van der Waals surface area contributed by atoms with Gasteiger partial charge in [0.15, 0.2) is 0 Å². The molecule has 0 atom stereocenters. The highest BCUT2D eigenvalue weighted by Gasteiger charge is 2.21. The molecule has 130 valence electrons. The van der Waals surface area contributed by atoms with Crippen LogP contribution in [0.2, 0.25) is 4.34 Å². The van der Waals surface area contributed by atoms with E-state index in [1.807, 2.05) is 30.3 Å². The van der Waals surface area contributed by atoms with Crippen LogP contribution in [0.4, 0.5) is 0 Å². The molecule has 0 bridgehead atoms. The van der Waals surface area contributed by atoms with Gasteiger partial charge in [-0.05, 0) is 13.0 Å². The van der Waals surface area contributed by atoms with E-state index >= 15 is 0 Å². The van der Waals surface area contributed by atoms with Crippen LogP contribution in [0.3, 0.4) is 0 Å². The Kier molecular flexibility index (Phi) is 4.36. The van der Waals surface area contributed by atoms with Crippen LogP contribution in [0.25, 0.3) is 22.4 Å². The van der Waals surface area contributed by atoms with Crippen molar-refractivity contribution >= 4 is 40.2 Å². The third-order valence-electron chi connectivity index (χ3n) is 3.76. The summed E-state index contributed by atoms with van der Waals surface area (Å²) >= 11 is 6.98. The Morgan fingerprint density at radius 3 is 2.85 bits per heavy atom. The van der Waals surface area contributed by atoms with Gasteiger partial charge in [-0.3, -0.25) is 0 Å². The van der Waals surface area contributed by atoms with E-state index in [4.69, 9.17) is 20.9 Å². The Morgan fingerprint density at radius 1 is 1.31 bits per heavy atom. The molecule has 0 amide bonds. The lowest BCUT2D eigenvalue weighted by Gasteiger charge is -2.07. The number of nitrogens with zero attached hydrogens (tertiary/aromatic N) is 4. The molecule has 3 aromatic heterocycles. The van der Waals surface area contributed by atoms with Gasteiger partial charge in [0.2, 0.25) is 0 Å². The number of ether oxygens (including phenoxy) is 1. The fraction of sp³-hybridized carbons (Fsp3) is 0.118. The van der Waals surface area contributed by atoms with E-state index in [2.05, 4.69) is 19.7 Å². The second kappa shape index (κ2) is 6.81. The van der Waals surface area contributed by atoms with Crippen molar-refractivity contribution in [2.75, 3.05) is 0 Å². The van der Waals surface area contributed by atoms with Gasteiger partial charge in [-0.2, -0.15) is 0 Å². The van der Waals surface area contributed by atoms with Crippen LogP contribution < -0.4 is 0 Å². The Labute approximate surface area is 156 Å². The molecule has 0 spiro atoms. The molecule has 0 aliphatic heterocycles. The summed E-state index contributed by atoms with van der Waals surface area (Å²) in [4.78, 5) is 17.1. The average molecular weight is 387 g/mol. The lowest BCUT2D eigenvalue weighted by molar-refractivity contribution is 0.0470. The number of carbonyl (C=O) groups excluding carboxylic acids is 1. The predicted octanol–water partition coefficient (Wildman–Crippen LogP) is 4.06. The quantitative estimate of drug-likeness (QED) is 0.488. The van der Waals surface area contributed by atoms with E-state index in [1.165, 1.54) is 0 Å². The average Bonchev–Trinajstić information content (AvgIpc) is 3.25. The summed E-state index contributed by atoms with van der Waals surface area (Å²) in [7, 11) is 0. The zero-order valence-electron chi connectivity index (χ0n) is 13.5. The number of fused-ring (bicyclic) bond motifs is 1. The molecule has 0 saturated heterocycles. The number of hydrogen-bond acceptors (Lipinski definition) is 8. The van der Waals surface area contributed by atoms with Crippen LogP contribution in [0, 0.1) is 6.92 Å². The van der Waals surface area contributed by atoms with Crippen molar-refractivity contribution in [3.05, 3.63) is 57.7 Å². The predicted molar refractivity (Wildman–Crippen MR) is 96.0 cm³/mol. The third kappa shape index (κ3) is 3.04. The maximum absolute atomic E-state index is 12.7. The number of pyridine rings is 1. The molecule has 26 heavy (non-hydrogen) atoms. The summed E-state index contributed by atoms with van der Waals surface area (Å²) in [6, 6.07) is 11.1. The van der Waals surface area contributed by atoms with Crippen molar-refractivity contribution < 1.29 is 14.1 Å². The normalized spacial score (nSPS) is 11.0. The molecule has 7 nitrogen and oxygen atoms in total. The van der Waals surface area contributed by atoms with Gasteiger partial charge in [0.25, 0.3) is 5.71 Å². The Hall–Kier alpha value is -2.84. The van der Waals surface area contributed by atoms with Gasteiger partial charge in [0, 0.05) is 17.1 Å². The molecule has 4 rings (SSSR count). The second-order valence-electron chi connectivity index (χ2n) is 5.44. The van der Waals surface area contributed by atoms with Crippen LogP contribution in [0.15, 0.2) is 40.9 Å². The van der Waals surface area contributed by atoms with Crippen LogP contribution in [0.5, 0.6) is 0 Å². The molecule has 1 aromatic carbocycles. The van der Waals surface area contributed by atoms with Crippen LogP contribution >= 0.6 is 23.1 Å². The topological polar surface area (TPSA) is 91.0 Å². The van der Waals surface area contributed by atoms with Gasteiger partial charge in [-0.1, -0.05) is 51.6 Å². The fourth-order valence-corrected chi connectivity index (χ4v) is 3.11. The van der Waals surface area contributed by atoms with Crippen molar-refractivity contribution in [2.24, 2.45) is 0 Å². The minimum Gasteiger partial charge on any atom is -0.455 e. The molecule has 0 saturated carbocycles. The standard InChI is InChI=1S/C17H11ClN4O3S/c1-9-14-11(17(23)24-8-13-15(18)26-22-20-13)7-12(19-16(14)25-21-9)10-5-3-2-4-6-10/h2-7H,8H2,1H3. The lowest BCUT2D eigenvalue weighted by Crippen LogP contribution is -2.07. The van der Waals surface area contributed by atoms with Crippen molar-refractivity contribution in [1.29, 1.82) is 0 Å². The summed E-state index contributed by atoms with van der Waals surface area (Å²) in [5.41, 5.74) is 3.03. The number of aryl methyl sites for hydroxylation is 1. The van der Waals surface area contributed by atoms with E-state index in [0.29, 0.717) is 32.4 Å². The molecule has 3 heterocycles. The van der Waals surface area contributed by atoms with Gasteiger partial charge in [-0.25, -0.2) is 9.78 Å². The van der Waals surface area contributed by atoms with Gasteiger partial charge < -0.3 is 9.26 Å². The molecular weight excluding hydrogens is 376 g/mol. The first-order valence-corrected chi connectivity index (χ1v) is 8.75. The Balaban J connectivity index is 1.73. The first kappa shape index (κ1) is 16.6. The van der Waals surface area contributed by atoms with Gasteiger partial charge >= 0.3 is 5.97 Å². The SMILES string of the molecule is Cc1noc2nc(-c3ccccc3)cc(C(=O)OCc3nnsc3Cl)c12. The maximum atomic E-state index is 12.7. The number of aromatic nitrogens is 4. The number of hydrogen-bond donors (Lipinski definition) is 0. The van der Waals surface area contributed by atoms with Crippen LogP contribution in [0.1, 0.15) is 21.7 Å². The highest BCUT2D eigenvalue weighted by molar-refractivity contribution is 7.10. The highest BCUT2D eigenvalue weighted by Crippen LogP contribution is 2.28.